The maximum Gasteiger partial charge on any atom is 0.184 e. The lowest BCUT2D eigenvalue weighted by molar-refractivity contribution is -0.271. The number of rotatable bonds is 2. The lowest BCUT2D eigenvalue weighted by atomic mass is 9.87. The molecule has 3 nitrogen and oxygen atoms in total. The summed E-state index contributed by atoms with van der Waals surface area (Å²) in [4.78, 5) is 0. The van der Waals surface area contributed by atoms with Crippen molar-refractivity contribution in [1.82, 2.24) is 0 Å². The van der Waals surface area contributed by atoms with Crippen molar-refractivity contribution in [3.05, 3.63) is 35.9 Å². The molecule has 1 aromatic rings. The number of hydrogen-bond acceptors (Lipinski definition) is 3. The molecule has 0 radical (unpaired) electrons. The second-order valence-corrected chi connectivity index (χ2v) is 4.85. The lowest BCUT2D eigenvalue weighted by Crippen LogP contribution is -2.44. The van der Waals surface area contributed by atoms with E-state index in [1.54, 1.807) is 0 Å². The van der Waals surface area contributed by atoms with Crippen LogP contribution in [-0.4, -0.2) is 24.4 Å². The molecule has 2 atom stereocenters. The molecule has 0 amide bonds. The largest absolute Gasteiger partial charge is 0.394 e. The van der Waals surface area contributed by atoms with Crippen LogP contribution in [0, 0.1) is 5.41 Å². The summed E-state index contributed by atoms with van der Waals surface area (Å²) >= 11 is 0. The number of aliphatic hydroxyl groups excluding tert-OH is 1. The fraction of sp³-hybridized carbons (Fsp3) is 0.538. The van der Waals surface area contributed by atoms with Gasteiger partial charge in [-0.25, -0.2) is 0 Å². The third-order valence-electron chi connectivity index (χ3n) is 3.00. The molecule has 1 aromatic carbocycles. The van der Waals surface area contributed by atoms with Gasteiger partial charge in [-0.1, -0.05) is 44.2 Å². The summed E-state index contributed by atoms with van der Waals surface area (Å²) in [6.07, 6.45) is -0.530. The normalized spacial score (nSPS) is 28.9. The highest BCUT2D eigenvalue weighted by molar-refractivity contribution is 5.16. The zero-order chi connectivity index (χ0) is 11.6. The van der Waals surface area contributed by atoms with E-state index in [0.717, 1.165) is 5.56 Å². The predicted molar refractivity (Wildman–Crippen MR) is 60.9 cm³/mol. The maximum atomic E-state index is 9.31. The van der Waals surface area contributed by atoms with Crippen molar-refractivity contribution in [1.29, 1.82) is 0 Å². The van der Waals surface area contributed by atoms with Crippen LogP contribution in [-0.2, 0) is 9.47 Å². The first-order valence-electron chi connectivity index (χ1n) is 5.56. The number of hydrogen-bond donors (Lipinski definition) is 1. The molecule has 1 heterocycles. The molecule has 1 aliphatic heterocycles. The molecule has 1 N–H and O–H groups in total. The van der Waals surface area contributed by atoms with Gasteiger partial charge in [-0.15, -0.1) is 0 Å². The molecule has 2 rings (SSSR count). The molecular formula is C13H18O3. The second-order valence-electron chi connectivity index (χ2n) is 4.85. The van der Waals surface area contributed by atoms with Gasteiger partial charge < -0.3 is 14.6 Å². The highest BCUT2D eigenvalue weighted by Crippen LogP contribution is 2.35. The number of ether oxygens (including phenoxy) is 2. The van der Waals surface area contributed by atoms with Crippen molar-refractivity contribution < 1.29 is 14.6 Å². The molecule has 16 heavy (non-hydrogen) atoms. The Morgan fingerprint density at radius 2 is 2.00 bits per heavy atom. The van der Waals surface area contributed by atoms with Crippen LogP contribution in [0.25, 0.3) is 0 Å². The topological polar surface area (TPSA) is 38.7 Å². The zero-order valence-corrected chi connectivity index (χ0v) is 9.72. The van der Waals surface area contributed by atoms with Crippen molar-refractivity contribution in [2.24, 2.45) is 5.41 Å². The molecule has 88 valence electrons. The van der Waals surface area contributed by atoms with Gasteiger partial charge in [-0.05, 0) is 0 Å². The van der Waals surface area contributed by atoms with Gasteiger partial charge in [0.1, 0.15) is 0 Å². The SMILES string of the molecule is CC1(C)COC(c2ccccc2)OC1CO. The highest BCUT2D eigenvalue weighted by Gasteiger charge is 2.38. The van der Waals surface area contributed by atoms with E-state index in [4.69, 9.17) is 9.47 Å². The van der Waals surface area contributed by atoms with E-state index in [1.165, 1.54) is 0 Å². The first-order valence-corrected chi connectivity index (χ1v) is 5.56. The smallest absolute Gasteiger partial charge is 0.184 e. The van der Waals surface area contributed by atoms with Gasteiger partial charge in [0.05, 0.1) is 19.3 Å². The standard InChI is InChI=1S/C13H18O3/c1-13(2)9-15-12(16-11(13)8-14)10-6-4-3-5-7-10/h3-7,11-12,14H,8-9H2,1-2H3. The zero-order valence-electron chi connectivity index (χ0n) is 9.72. The molecule has 1 fully saturated rings. The molecule has 1 saturated heterocycles. The Bertz CT molecular complexity index is 334. The lowest BCUT2D eigenvalue weighted by Gasteiger charge is -2.41. The van der Waals surface area contributed by atoms with Crippen LogP contribution in [0.1, 0.15) is 25.7 Å². The van der Waals surface area contributed by atoms with Crippen molar-refractivity contribution >= 4 is 0 Å². The van der Waals surface area contributed by atoms with Crippen LogP contribution in [0.15, 0.2) is 30.3 Å². The quantitative estimate of drug-likeness (QED) is 0.833. The number of benzene rings is 1. The Hall–Kier alpha value is -0.900. The Kier molecular flexibility index (Phi) is 3.28. The van der Waals surface area contributed by atoms with Crippen molar-refractivity contribution in [3.8, 4) is 0 Å². The highest BCUT2D eigenvalue weighted by atomic mass is 16.7. The second kappa shape index (κ2) is 4.53. The molecule has 1 aliphatic rings. The minimum Gasteiger partial charge on any atom is -0.394 e. The minimum absolute atomic E-state index is 0.0275. The summed E-state index contributed by atoms with van der Waals surface area (Å²) < 4.78 is 11.4. The molecule has 0 spiro atoms. The van der Waals surface area contributed by atoms with Crippen LogP contribution < -0.4 is 0 Å². The van der Waals surface area contributed by atoms with E-state index in [1.807, 2.05) is 44.2 Å². The molecule has 0 aliphatic carbocycles. The van der Waals surface area contributed by atoms with Gasteiger partial charge >= 0.3 is 0 Å². The van der Waals surface area contributed by atoms with Crippen molar-refractivity contribution in [2.45, 2.75) is 26.2 Å². The first kappa shape index (κ1) is 11.6. The van der Waals surface area contributed by atoms with E-state index < -0.39 is 0 Å². The molecule has 0 saturated carbocycles. The summed E-state index contributed by atoms with van der Waals surface area (Å²) in [5, 5.41) is 9.31. The average Bonchev–Trinajstić information content (AvgIpc) is 2.30. The van der Waals surface area contributed by atoms with Gasteiger partial charge in [0.15, 0.2) is 6.29 Å². The predicted octanol–water partition coefficient (Wildman–Crippen LogP) is 2.12. The van der Waals surface area contributed by atoms with Gasteiger partial charge in [-0.3, -0.25) is 0 Å². The third kappa shape index (κ3) is 2.26. The van der Waals surface area contributed by atoms with Crippen LogP contribution in [0.3, 0.4) is 0 Å². The van der Waals surface area contributed by atoms with Gasteiger partial charge in [0, 0.05) is 11.0 Å². The summed E-state index contributed by atoms with van der Waals surface area (Å²) in [6, 6.07) is 9.81. The van der Waals surface area contributed by atoms with Crippen LogP contribution >= 0.6 is 0 Å². The van der Waals surface area contributed by atoms with Gasteiger partial charge in [0.2, 0.25) is 0 Å². The minimum atomic E-state index is -0.355. The summed E-state index contributed by atoms with van der Waals surface area (Å²) in [7, 11) is 0. The third-order valence-corrected chi connectivity index (χ3v) is 3.00. The van der Waals surface area contributed by atoms with Crippen molar-refractivity contribution in [2.75, 3.05) is 13.2 Å². The molecule has 0 aromatic heterocycles. The Morgan fingerprint density at radius 3 is 2.62 bits per heavy atom. The van der Waals surface area contributed by atoms with Crippen LogP contribution in [0.4, 0.5) is 0 Å². The molecule has 3 heteroatoms. The fourth-order valence-electron chi connectivity index (χ4n) is 1.83. The summed E-state index contributed by atoms with van der Waals surface area (Å²) in [5.74, 6) is 0. The van der Waals surface area contributed by atoms with E-state index in [9.17, 15) is 5.11 Å². The van der Waals surface area contributed by atoms with Gasteiger partial charge in [0.25, 0.3) is 0 Å². The summed E-state index contributed by atoms with van der Waals surface area (Å²) in [6.45, 7) is 4.70. The van der Waals surface area contributed by atoms with Gasteiger partial charge in [-0.2, -0.15) is 0 Å². The van der Waals surface area contributed by atoms with Crippen molar-refractivity contribution in [3.63, 3.8) is 0 Å². The van der Waals surface area contributed by atoms with Crippen LogP contribution in [0.5, 0.6) is 0 Å². The number of aliphatic hydroxyl groups is 1. The summed E-state index contributed by atoms with van der Waals surface area (Å²) in [5.41, 5.74) is 0.858. The Balaban J connectivity index is 2.11. The molecule has 2 unspecified atom stereocenters. The molecule has 0 bridgehead atoms. The monoisotopic (exact) mass is 222 g/mol. The first-order chi connectivity index (χ1) is 7.63. The maximum absolute atomic E-state index is 9.31. The van der Waals surface area contributed by atoms with E-state index >= 15 is 0 Å². The Morgan fingerprint density at radius 1 is 1.31 bits per heavy atom. The Labute approximate surface area is 96.0 Å². The molecular weight excluding hydrogens is 204 g/mol. The van der Waals surface area contributed by atoms with Crippen LogP contribution in [0.2, 0.25) is 0 Å². The van der Waals surface area contributed by atoms with E-state index in [0.29, 0.717) is 6.61 Å². The average molecular weight is 222 g/mol. The van der Waals surface area contributed by atoms with E-state index in [-0.39, 0.29) is 24.4 Å². The fourth-order valence-corrected chi connectivity index (χ4v) is 1.83. The van der Waals surface area contributed by atoms with E-state index in [2.05, 4.69) is 0 Å².